The molecule has 0 aromatic carbocycles. The third-order valence-electron chi connectivity index (χ3n) is 5.58. The highest BCUT2D eigenvalue weighted by Gasteiger charge is 2.38. The molecule has 0 aliphatic carbocycles. The van der Waals surface area contributed by atoms with Crippen molar-refractivity contribution in [3.05, 3.63) is 18.0 Å². The molecule has 8 heteroatoms. The minimum absolute atomic E-state index is 0.0516. The lowest BCUT2D eigenvalue weighted by atomic mass is 9.89. The van der Waals surface area contributed by atoms with Crippen LogP contribution in [0.2, 0.25) is 0 Å². The summed E-state index contributed by atoms with van der Waals surface area (Å²) >= 11 is 0. The molecular formula is C18H30N6O2. The summed E-state index contributed by atoms with van der Waals surface area (Å²) in [6, 6.07) is 0.0814. The number of rotatable bonds is 4. The van der Waals surface area contributed by atoms with Crippen LogP contribution in [-0.4, -0.2) is 88.8 Å². The minimum atomic E-state index is -0.0516. The predicted molar refractivity (Wildman–Crippen MR) is 98.8 cm³/mol. The van der Waals surface area contributed by atoms with Gasteiger partial charge in [-0.3, -0.25) is 9.48 Å². The van der Waals surface area contributed by atoms with Gasteiger partial charge in [-0.2, -0.15) is 5.10 Å². The average molecular weight is 362 g/mol. The van der Waals surface area contributed by atoms with Gasteiger partial charge in [0.25, 0.3) is 0 Å². The van der Waals surface area contributed by atoms with Gasteiger partial charge in [-0.25, -0.2) is 4.79 Å². The zero-order chi connectivity index (χ0) is 18.7. The van der Waals surface area contributed by atoms with E-state index in [0.717, 1.165) is 25.2 Å². The van der Waals surface area contributed by atoms with Gasteiger partial charge in [-0.1, -0.05) is 0 Å². The highest BCUT2D eigenvalue weighted by atomic mass is 16.2. The van der Waals surface area contributed by atoms with Crippen molar-refractivity contribution in [3.8, 4) is 0 Å². The molecule has 1 aromatic rings. The number of urea groups is 1. The fraction of sp³-hybridized carbons (Fsp3) is 0.722. The van der Waals surface area contributed by atoms with E-state index >= 15 is 0 Å². The fourth-order valence-electron chi connectivity index (χ4n) is 3.97. The quantitative estimate of drug-likeness (QED) is 0.838. The Hall–Kier alpha value is -2.09. The van der Waals surface area contributed by atoms with Crippen molar-refractivity contribution in [1.29, 1.82) is 0 Å². The molecule has 144 valence electrons. The molecule has 2 saturated heterocycles. The van der Waals surface area contributed by atoms with E-state index in [9.17, 15) is 9.59 Å². The highest BCUT2D eigenvalue weighted by molar-refractivity contribution is 5.81. The van der Waals surface area contributed by atoms with Crippen LogP contribution < -0.4 is 5.32 Å². The number of aryl methyl sites for hydroxylation is 1. The van der Waals surface area contributed by atoms with Crippen LogP contribution in [0.15, 0.2) is 12.4 Å². The Morgan fingerprint density at radius 2 is 1.81 bits per heavy atom. The van der Waals surface area contributed by atoms with Gasteiger partial charge in [0, 0.05) is 71.5 Å². The molecule has 1 aromatic heterocycles. The summed E-state index contributed by atoms with van der Waals surface area (Å²) in [5.41, 5.74) is 1.12. The maximum absolute atomic E-state index is 13.1. The molecule has 3 amide bonds. The number of carbonyl (C=O) groups excluding carboxylic acids is 2. The van der Waals surface area contributed by atoms with E-state index in [1.165, 1.54) is 0 Å². The van der Waals surface area contributed by atoms with Crippen LogP contribution in [-0.2, 0) is 11.8 Å². The van der Waals surface area contributed by atoms with E-state index in [2.05, 4.69) is 10.4 Å². The highest BCUT2D eigenvalue weighted by Crippen LogP contribution is 2.29. The monoisotopic (exact) mass is 362 g/mol. The number of piperazine rings is 1. The third-order valence-corrected chi connectivity index (χ3v) is 5.58. The summed E-state index contributed by atoms with van der Waals surface area (Å²) in [7, 11) is 1.90. The van der Waals surface area contributed by atoms with Gasteiger partial charge in [0.2, 0.25) is 5.91 Å². The zero-order valence-corrected chi connectivity index (χ0v) is 16.0. The Morgan fingerprint density at radius 3 is 2.38 bits per heavy atom. The Morgan fingerprint density at radius 1 is 1.15 bits per heavy atom. The first-order valence-corrected chi connectivity index (χ1v) is 9.57. The number of nitrogens with one attached hydrogen (secondary N) is 1. The second-order valence-electron chi connectivity index (χ2n) is 7.09. The van der Waals surface area contributed by atoms with Gasteiger partial charge < -0.3 is 20.0 Å². The number of amides is 3. The fourth-order valence-corrected chi connectivity index (χ4v) is 3.97. The molecule has 0 saturated carbocycles. The molecule has 0 radical (unpaired) electrons. The topological polar surface area (TPSA) is 73.7 Å². The van der Waals surface area contributed by atoms with Gasteiger partial charge in [0.1, 0.15) is 0 Å². The van der Waals surface area contributed by atoms with Gasteiger partial charge in [0.15, 0.2) is 0 Å². The van der Waals surface area contributed by atoms with Crippen molar-refractivity contribution in [2.24, 2.45) is 13.0 Å². The molecule has 1 N–H and O–H groups in total. The van der Waals surface area contributed by atoms with E-state index in [-0.39, 0.29) is 23.8 Å². The minimum Gasteiger partial charge on any atom is -0.339 e. The number of hydrogen-bond acceptors (Lipinski definition) is 4. The van der Waals surface area contributed by atoms with Crippen LogP contribution in [0.5, 0.6) is 0 Å². The average Bonchev–Trinajstić information content (AvgIpc) is 3.31. The van der Waals surface area contributed by atoms with Gasteiger partial charge >= 0.3 is 6.03 Å². The molecule has 2 aliphatic heterocycles. The van der Waals surface area contributed by atoms with Crippen molar-refractivity contribution in [2.45, 2.75) is 19.8 Å². The summed E-state index contributed by atoms with van der Waals surface area (Å²) < 4.78 is 1.78. The second kappa shape index (κ2) is 8.07. The summed E-state index contributed by atoms with van der Waals surface area (Å²) in [5, 5.41) is 7.60. The standard InChI is InChI=1S/C18H30N6O2/c1-4-22(5-2)18(26)24-8-6-23(7-9-24)17(25)16-12-19-11-15(16)14-10-20-21(3)13-14/h10,13,15-16,19H,4-9,11-12H2,1-3H3/t15-,16+/m1/s1. The summed E-state index contributed by atoms with van der Waals surface area (Å²) in [6.45, 7) is 9.38. The first-order chi connectivity index (χ1) is 12.5. The van der Waals surface area contributed by atoms with E-state index in [0.29, 0.717) is 32.7 Å². The van der Waals surface area contributed by atoms with E-state index in [1.54, 1.807) is 4.68 Å². The molecule has 8 nitrogen and oxygen atoms in total. The van der Waals surface area contributed by atoms with Crippen LogP contribution >= 0.6 is 0 Å². The first-order valence-electron chi connectivity index (χ1n) is 9.57. The molecule has 3 heterocycles. The lowest BCUT2D eigenvalue weighted by Crippen LogP contribution is -2.55. The summed E-state index contributed by atoms with van der Waals surface area (Å²) in [5.74, 6) is 0.314. The van der Waals surface area contributed by atoms with Gasteiger partial charge in [0.05, 0.1) is 12.1 Å². The number of carbonyl (C=O) groups is 2. The van der Waals surface area contributed by atoms with Crippen molar-refractivity contribution >= 4 is 11.9 Å². The third kappa shape index (κ3) is 3.70. The molecule has 2 aliphatic rings. The lowest BCUT2D eigenvalue weighted by molar-refractivity contribution is -0.136. The first kappa shape index (κ1) is 18.7. The molecular weight excluding hydrogens is 332 g/mol. The Labute approximate surface area is 155 Å². The SMILES string of the molecule is CCN(CC)C(=O)N1CCN(C(=O)[C@H]2CNC[C@@H]2c2cnn(C)c2)CC1. The van der Waals surface area contributed by atoms with Crippen LogP contribution in [0.1, 0.15) is 25.3 Å². The molecule has 2 fully saturated rings. The molecule has 3 rings (SSSR count). The van der Waals surface area contributed by atoms with E-state index in [1.807, 2.05) is 48.0 Å². The van der Waals surface area contributed by atoms with Crippen LogP contribution in [0.25, 0.3) is 0 Å². The maximum atomic E-state index is 13.1. The molecule has 0 unspecified atom stereocenters. The number of nitrogens with zero attached hydrogens (tertiary/aromatic N) is 5. The van der Waals surface area contributed by atoms with Crippen LogP contribution in [0, 0.1) is 5.92 Å². The van der Waals surface area contributed by atoms with Crippen molar-refractivity contribution < 1.29 is 9.59 Å². The Balaban J connectivity index is 1.59. The zero-order valence-electron chi connectivity index (χ0n) is 16.0. The molecule has 26 heavy (non-hydrogen) atoms. The number of hydrogen-bond donors (Lipinski definition) is 1. The molecule has 0 bridgehead atoms. The molecule has 2 atom stereocenters. The molecule has 0 spiro atoms. The largest absolute Gasteiger partial charge is 0.339 e. The predicted octanol–water partition coefficient (Wildman–Crippen LogP) is 0.329. The van der Waals surface area contributed by atoms with Crippen molar-refractivity contribution in [2.75, 3.05) is 52.4 Å². The smallest absolute Gasteiger partial charge is 0.320 e. The van der Waals surface area contributed by atoms with Crippen molar-refractivity contribution in [1.82, 2.24) is 29.8 Å². The number of aromatic nitrogens is 2. The lowest BCUT2D eigenvalue weighted by Gasteiger charge is -2.38. The van der Waals surface area contributed by atoms with E-state index in [4.69, 9.17) is 0 Å². The second-order valence-corrected chi connectivity index (χ2v) is 7.09. The maximum Gasteiger partial charge on any atom is 0.320 e. The van der Waals surface area contributed by atoms with Crippen LogP contribution in [0.4, 0.5) is 4.79 Å². The summed E-state index contributed by atoms with van der Waals surface area (Å²) in [6.07, 6.45) is 3.86. The van der Waals surface area contributed by atoms with E-state index < -0.39 is 0 Å². The summed E-state index contributed by atoms with van der Waals surface area (Å²) in [4.78, 5) is 31.1. The Bertz CT molecular complexity index is 633. The van der Waals surface area contributed by atoms with Crippen LogP contribution in [0.3, 0.4) is 0 Å². The normalized spacial score (nSPS) is 23.3. The van der Waals surface area contributed by atoms with Gasteiger partial charge in [-0.05, 0) is 19.4 Å². The Kier molecular flexibility index (Phi) is 5.80. The van der Waals surface area contributed by atoms with Gasteiger partial charge in [-0.15, -0.1) is 0 Å². The van der Waals surface area contributed by atoms with Crippen molar-refractivity contribution in [3.63, 3.8) is 0 Å².